The van der Waals surface area contributed by atoms with Gasteiger partial charge in [-0.25, -0.2) is 9.97 Å². The molecule has 3 saturated heterocycles. The number of aromatic nitrogens is 6. The third kappa shape index (κ3) is 6.37. The van der Waals surface area contributed by atoms with Crippen molar-refractivity contribution >= 4 is 40.6 Å². The second-order valence-corrected chi connectivity index (χ2v) is 16.7. The zero-order chi connectivity index (χ0) is 41.7. The summed E-state index contributed by atoms with van der Waals surface area (Å²) in [6.45, 7) is 6.79. The standard InChI is InChI=1S/C41H40ClF3N10O5/c1-22-35(57)34(47-21-46-22)38(59)53-11-10-40(27-17-31(27)53)9-8-30-33(40)37(58)55-39(54(30)18-32(56)48-29-7-4-24(16-28(29)42)41(43,44)45)49-36(50-55)23-2-5-25(6-3-23)51-12-14-52(15-13-51)26-19-60-20-26/h2-7,16,21,26-27,31,57H,8-15,17-20H2,1H3,(H,48,56)/t27-,31+,40+/m1/s1. The number of aryl methyl sites for hydroxylation is 1. The van der Waals surface area contributed by atoms with E-state index >= 15 is 0 Å². The monoisotopic (exact) mass is 844 g/mol. The predicted octanol–water partition coefficient (Wildman–Crippen LogP) is 4.31. The van der Waals surface area contributed by atoms with Crippen LogP contribution in [0.2, 0.25) is 5.02 Å². The first kappa shape index (κ1) is 38.6. The molecule has 0 bridgehead atoms. The molecule has 2 aromatic carbocycles. The van der Waals surface area contributed by atoms with Crippen LogP contribution in [0.5, 0.6) is 5.75 Å². The first-order valence-corrected chi connectivity index (χ1v) is 20.4. The lowest BCUT2D eigenvalue weighted by Crippen LogP contribution is -2.56. The zero-order valence-corrected chi connectivity index (χ0v) is 33.2. The molecule has 3 atom stereocenters. The number of carbonyl (C=O) groups excluding carboxylic acids is 2. The van der Waals surface area contributed by atoms with Gasteiger partial charge < -0.3 is 29.5 Å². The number of anilines is 2. The van der Waals surface area contributed by atoms with Crippen LogP contribution in [0.4, 0.5) is 24.5 Å². The summed E-state index contributed by atoms with van der Waals surface area (Å²) in [5, 5.41) is 17.7. The maximum Gasteiger partial charge on any atom is 0.416 e. The van der Waals surface area contributed by atoms with E-state index < -0.39 is 29.0 Å². The minimum absolute atomic E-state index is 0.00309. The van der Waals surface area contributed by atoms with Gasteiger partial charge in [-0.05, 0) is 81.0 Å². The summed E-state index contributed by atoms with van der Waals surface area (Å²) in [7, 11) is 0. The number of rotatable bonds is 7. The fourth-order valence-corrected chi connectivity index (χ4v) is 9.99. The highest BCUT2D eigenvalue weighted by Crippen LogP contribution is 2.60. The van der Waals surface area contributed by atoms with Crippen molar-refractivity contribution in [3.8, 4) is 17.1 Å². The minimum Gasteiger partial charge on any atom is -0.504 e. The Morgan fingerprint density at radius 3 is 2.50 bits per heavy atom. The molecule has 6 heterocycles. The lowest BCUT2D eigenvalue weighted by atomic mass is 9.73. The number of benzene rings is 2. The van der Waals surface area contributed by atoms with Gasteiger partial charge in [-0.15, -0.1) is 5.10 Å². The molecule has 2 amide bonds. The average Bonchev–Trinajstić information content (AvgIpc) is 3.75. The number of ether oxygens (including phenoxy) is 1. The van der Waals surface area contributed by atoms with Gasteiger partial charge >= 0.3 is 6.18 Å². The van der Waals surface area contributed by atoms with Crippen LogP contribution in [0.25, 0.3) is 17.2 Å². The molecule has 5 aliphatic rings. The topological polar surface area (TPSA) is 163 Å². The van der Waals surface area contributed by atoms with Crippen LogP contribution >= 0.6 is 11.6 Å². The first-order valence-electron chi connectivity index (χ1n) is 20.0. The van der Waals surface area contributed by atoms with Crippen LogP contribution in [-0.4, -0.2) is 114 Å². The Hall–Kier alpha value is -5.59. The third-order valence-corrected chi connectivity index (χ3v) is 13.4. The van der Waals surface area contributed by atoms with Gasteiger partial charge in [-0.2, -0.15) is 22.7 Å². The molecule has 1 spiro atoms. The van der Waals surface area contributed by atoms with Crippen LogP contribution in [0.1, 0.15) is 52.3 Å². The van der Waals surface area contributed by atoms with E-state index in [1.165, 1.54) is 10.8 Å². The maximum absolute atomic E-state index is 14.8. The molecule has 2 aliphatic carbocycles. The van der Waals surface area contributed by atoms with Gasteiger partial charge in [0.1, 0.15) is 12.9 Å². The van der Waals surface area contributed by atoms with Crippen LogP contribution < -0.4 is 15.8 Å². The molecule has 3 aliphatic heterocycles. The molecule has 4 fully saturated rings. The summed E-state index contributed by atoms with van der Waals surface area (Å²) in [4.78, 5) is 61.6. The summed E-state index contributed by atoms with van der Waals surface area (Å²) in [5.41, 5.74) is 1.19. The largest absolute Gasteiger partial charge is 0.504 e. The Morgan fingerprint density at radius 1 is 1.03 bits per heavy atom. The summed E-state index contributed by atoms with van der Waals surface area (Å²) < 4.78 is 48.4. The summed E-state index contributed by atoms with van der Waals surface area (Å²) in [5.74, 6) is -0.886. The number of nitrogens with zero attached hydrogens (tertiary/aromatic N) is 9. The van der Waals surface area contributed by atoms with Crippen molar-refractivity contribution in [1.82, 2.24) is 38.9 Å². The van der Waals surface area contributed by atoms with E-state index in [0.29, 0.717) is 60.8 Å². The number of aromatic hydroxyl groups is 1. The fourth-order valence-electron chi connectivity index (χ4n) is 9.77. The Kier molecular flexibility index (Phi) is 9.18. The SMILES string of the molecule is Cc1ncnc(C(=O)N2CC[C@@]3(CCc4c3c(=O)n3nc(-c5ccc(N6CCN(C7COC7)CC6)cc5)nc3n4CC(=O)Nc3ccc(C(F)(F)F)cc3Cl)[C@@H]3C[C@@H]32)c1O. The van der Waals surface area contributed by atoms with Gasteiger partial charge in [0, 0.05) is 66.7 Å². The van der Waals surface area contributed by atoms with E-state index in [-0.39, 0.29) is 57.8 Å². The van der Waals surface area contributed by atoms with Crippen LogP contribution in [0.3, 0.4) is 0 Å². The van der Waals surface area contributed by atoms with Crippen molar-refractivity contribution in [2.75, 3.05) is 56.2 Å². The van der Waals surface area contributed by atoms with Crippen LogP contribution in [0.15, 0.2) is 53.6 Å². The normalized spacial score (nSPS) is 22.8. The third-order valence-electron chi connectivity index (χ3n) is 13.1. The predicted molar refractivity (Wildman–Crippen MR) is 212 cm³/mol. The molecular formula is C41H40ClF3N10O5. The quantitative estimate of drug-likeness (QED) is 0.240. The number of piperidine rings is 1. The molecule has 15 nitrogen and oxygen atoms in total. The number of likely N-dealkylation sites (tertiary alicyclic amines) is 1. The van der Waals surface area contributed by atoms with Crippen molar-refractivity contribution in [3.63, 3.8) is 0 Å². The van der Waals surface area contributed by atoms with Crippen LogP contribution in [-0.2, 0) is 34.1 Å². The van der Waals surface area contributed by atoms with Crippen molar-refractivity contribution in [2.24, 2.45) is 5.92 Å². The van der Waals surface area contributed by atoms with Crippen molar-refractivity contribution < 1.29 is 32.6 Å². The van der Waals surface area contributed by atoms with Gasteiger partial charge in [-0.1, -0.05) is 11.6 Å². The highest BCUT2D eigenvalue weighted by atomic mass is 35.5. The van der Waals surface area contributed by atoms with Gasteiger partial charge in [0.2, 0.25) is 11.7 Å². The van der Waals surface area contributed by atoms with E-state index in [9.17, 15) is 32.7 Å². The smallest absolute Gasteiger partial charge is 0.416 e. The number of piperazine rings is 1. The molecule has 3 aromatic heterocycles. The lowest BCUT2D eigenvalue weighted by Gasteiger charge is -2.43. The second kappa shape index (κ2) is 14.3. The van der Waals surface area contributed by atoms with E-state index in [4.69, 9.17) is 26.4 Å². The van der Waals surface area contributed by atoms with E-state index in [1.807, 2.05) is 24.3 Å². The Bertz CT molecular complexity index is 2620. The molecule has 2 N–H and O–H groups in total. The van der Waals surface area contributed by atoms with E-state index in [2.05, 4.69) is 25.1 Å². The van der Waals surface area contributed by atoms with E-state index in [1.54, 1.807) is 16.4 Å². The Morgan fingerprint density at radius 2 is 1.80 bits per heavy atom. The number of alkyl halides is 3. The Labute approximate surface area is 345 Å². The molecule has 0 radical (unpaired) electrons. The lowest BCUT2D eigenvalue weighted by molar-refractivity contribution is -0.137. The van der Waals surface area contributed by atoms with Crippen molar-refractivity contribution in [1.29, 1.82) is 0 Å². The fraction of sp³-hybridized carbons (Fsp3) is 0.439. The van der Waals surface area contributed by atoms with Gasteiger partial charge in [0.25, 0.3) is 11.5 Å². The minimum atomic E-state index is -4.61. The molecule has 5 aromatic rings. The molecule has 0 unspecified atom stereocenters. The molecule has 19 heteroatoms. The molecule has 1 saturated carbocycles. The highest BCUT2D eigenvalue weighted by molar-refractivity contribution is 6.33. The summed E-state index contributed by atoms with van der Waals surface area (Å²) in [6, 6.07) is 10.9. The van der Waals surface area contributed by atoms with Crippen LogP contribution in [0, 0.1) is 12.8 Å². The summed E-state index contributed by atoms with van der Waals surface area (Å²) >= 11 is 6.21. The van der Waals surface area contributed by atoms with Crippen molar-refractivity contribution in [3.05, 3.63) is 92.4 Å². The van der Waals surface area contributed by atoms with Gasteiger partial charge in [0.15, 0.2) is 17.3 Å². The Balaban J connectivity index is 0.980. The molecule has 10 rings (SSSR count). The maximum atomic E-state index is 14.8. The molecular weight excluding hydrogens is 805 g/mol. The zero-order valence-electron chi connectivity index (χ0n) is 32.5. The number of amides is 2. The molecule has 60 heavy (non-hydrogen) atoms. The number of hydrogen-bond acceptors (Lipinski definition) is 11. The number of hydrogen-bond donors (Lipinski definition) is 2. The molecule has 312 valence electrons. The number of fused-ring (bicyclic) bond motifs is 5. The van der Waals surface area contributed by atoms with Gasteiger partial charge in [-0.3, -0.25) is 19.3 Å². The van der Waals surface area contributed by atoms with E-state index in [0.717, 1.165) is 63.3 Å². The average molecular weight is 845 g/mol. The number of halogens is 4. The van der Waals surface area contributed by atoms with Crippen molar-refractivity contribution in [2.45, 2.75) is 62.8 Å². The second-order valence-electron chi connectivity index (χ2n) is 16.3. The number of carbonyl (C=O) groups is 2. The first-order chi connectivity index (χ1) is 28.8. The number of nitrogens with one attached hydrogen (secondary N) is 1. The van der Waals surface area contributed by atoms with Gasteiger partial charge in [0.05, 0.1) is 41.2 Å². The highest BCUT2D eigenvalue weighted by Gasteiger charge is 2.63. The summed E-state index contributed by atoms with van der Waals surface area (Å²) in [6.07, 6.45) is -1.24.